The molecule has 1 heterocycles. The van der Waals surface area contributed by atoms with Crippen LogP contribution >= 0.6 is 11.3 Å². The molecule has 82 valence electrons. The van der Waals surface area contributed by atoms with Crippen molar-refractivity contribution in [2.24, 2.45) is 0 Å². The molecule has 0 fully saturated rings. The average molecular weight is 239 g/mol. The van der Waals surface area contributed by atoms with Crippen LogP contribution in [0.25, 0.3) is 0 Å². The van der Waals surface area contributed by atoms with Crippen molar-refractivity contribution in [1.82, 2.24) is 4.98 Å². The van der Waals surface area contributed by atoms with Crippen molar-refractivity contribution in [2.45, 2.75) is 6.42 Å². The van der Waals surface area contributed by atoms with Gasteiger partial charge in [0, 0.05) is 11.6 Å². The number of carbonyl (C=O) groups is 1. The molecule has 0 radical (unpaired) electrons. The highest BCUT2D eigenvalue weighted by Gasteiger charge is 2.17. The van der Waals surface area contributed by atoms with Gasteiger partial charge in [0.15, 0.2) is 5.78 Å². The minimum Gasteiger partial charge on any atom is -0.293 e. The van der Waals surface area contributed by atoms with Gasteiger partial charge in [0.2, 0.25) is 0 Å². The van der Waals surface area contributed by atoms with E-state index in [4.69, 9.17) is 0 Å². The summed E-state index contributed by atoms with van der Waals surface area (Å²) in [5.41, 5.74) is -0.488. The van der Waals surface area contributed by atoms with Gasteiger partial charge < -0.3 is 0 Å². The van der Waals surface area contributed by atoms with Crippen molar-refractivity contribution in [1.29, 1.82) is 0 Å². The molecule has 16 heavy (non-hydrogen) atoms. The summed E-state index contributed by atoms with van der Waals surface area (Å²) in [5, 5.41) is 2.26. The Bertz CT molecular complexity index is 490. The van der Waals surface area contributed by atoms with Gasteiger partial charge in [-0.1, -0.05) is 6.07 Å². The Morgan fingerprint density at radius 1 is 1.31 bits per heavy atom. The number of hydrogen-bond donors (Lipinski definition) is 0. The predicted molar refractivity (Wildman–Crippen MR) is 56.5 cm³/mol. The van der Waals surface area contributed by atoms with Crippen LogP contribution in [0.4, 0.5) is 8.78 Å². The zero-order valence-corrected chi connectivity index (χ0v) is 8.93. The molecule has 0 amide bonds. The zero-order chi connectivity index (χ0) is 11.5. The molecule has 0 unspecified atom stereocenters. The second-order valence-corrected chi connectivity index (χ2v) is 4.10. The monoisotopic (exact) mass is 239 g/mol. The fraction of sp³-hybridized carbons (Fsp3) is 0.0909. The Kier molecular flexibility index (Phi) is 3.05. The molecule has 0 spiro atoms. The van der Waals surface area contributed by atoms with Gasteiger partial charge in [0.05, 0.1) is 12.0 Å². The maximum absolute atomic E-state index is 13.3. The second kappa shape index (κ2) is 4.49. The number of rotatable bonds is 3. The van der Waals surface area contributed by atoms with E-state index in [1.54, 1.807) is 11.6 Å². The van der Waals surface area contributed by atoms with E-state index in [0.717, 1.165) is 12.1 Å². The number of aromatic nitrogens is 1. The van der Waals surface area contributed by atoms with E-state index in [0.29, 0.717) is 5.01 Å². The van der Waals surface area contributed by atoms with Gasteiger partial charge in [-0.05, 0) is 12.1 Å². The van der Waals surface area contributed by atoms with Gasteiger partial charge in [-0.3, -0.25) is 4.79 Å². The van der Waals surface area contributed by atoms with Crippen molar-refractivity contribution in [3.8, 4) is 0 Å². The maximum Gasteiger partial charge on any atom is 0.175 e. The summed E-state index contributed by atoms with van der Waals surface area (Å²) in [6.07, 6.45) is 1.47. The first kappa shape index (κ1) is 10.9. The number of nitrogens with zero attached hydrogens (tertiary/aromatic N) is 1. The summed E-state index contributed by atoms with van der Waals surface area (Å²) >= 11 is 1.28. The fourth-order valence-electron chi connectivity index (χ4n) is 1.33. The van der Waals surface area contributed by atoms with E-state index in [-0.39, 0.29) is 6.42 Å². The molecule has 0 saturated carbocycles. The van der Waals surface area contributed by atoms with E-state index >= 15 is 0 Å². The van der Waals surface area contributed by atoms with E-state index in [9.17, 15) is 13.6 Å². The minimum absolute atomic E-state index is 0.0739. The third-order valence-electron chi connectivity index (χ3n) is 2.04. The van der Waals surface area contributed by atoms with Crippen LogP contribution in [-0.4, -0.2) is 10.8 Å². The standard InChI is InChI=1S/C11H7F2NOS/c12-7-2-1-3-8(13)11(7)9(15)6-10-14-4-5-16-10/h1-5H,6H2. The number of ketones is 1. The lowest BCUT2D eigenvalue weighted by Gasteiger charge is -2.01. The summed E-state index contributed by atoms with van der Waals surface area (Å²) < 4.78 is 26.5. The Hall–Kier alpha value is -1.62. The Labute approximate surface area is 94.6 Å². The molecule has 0 atom stereocenters. The Morgan fingerprint density at radius 3 is 2.56 bits per heavy atom. The SMILES string of the molecule is O=C(Cc1nccs1)c1c(F)cccc1F. The first-order chi connectivity index (χ1) is 7.68. The molecule has 0 saturated heterocycles. The van der Waals surface area contributed by atoms with Crippen molar-refractivity contribution >= 4 is 17.1 Å². The van der Waals surface area contributed by atoms with Gasteiger partial charge in [0.1, 0.15) is 16.6 Å². The lowest BCUT2D eigenvalue weighted by atomic mass is 10.1. The van der Waals surface area contributed by atoms with Crippen molar-refractivity contribution in [3.05, 3.63) is 52.0 Å². The molecule has 2 nitrogen and oxygen atoms in total. The molecule has 2 rings (SSSR count). The number of halogens is 2. The summed E-state index contributed by atoms with van der Waals surface area (Å²) in [6.45, 7) is 0. The molecule has 0 bridgehead atoms. The van der Waals surface area contributed by atoms with E-state index < -0.39 is 23.0 Å². The number of thiazole rings is 1. The van der Waals surface area contributed by atoms with Gasteiger partial charge in [-0.2, -0.15) is 0 Å². The van der Waals surface area contributed by atoms with Crippen LogP contribution in [-0.2, 0) is 6.42 Å². The molecule has 0 aliphatic rings. The van der Waals surface area contributed by atoms with Crippen LogP contribution in [0, 0.1) is 11.6 Å². The fourth-order valence-corrected chi connectivity index (χ4v) is 1.95. The number of Topliss-reactive ketones (excluding diaryl/α,β-unsaturated/α-hetero) is 1. The molecule has 0 aliphatic heterocycles. The Balaban J connectivity index is 2.28. The first-order valence-corrected chi connectivity index (χ1v) is 5.42. The number of carbonyl (C=O) groups excluding carboxylic acids is 1. The highest BCUT2D eigenvalue weighted by Crippen LogP contribution is 2.16. The van der Waals surface area contributed by atoms with Gasteiger partial charge in [0.25, 0.3) is 0 Å². The number of hydrogen-bond acceptors (Lipinski definition) is 3. The van der Waals surface area contributed by atoms with Gasteiger partial charge in [-0.25, -0.2) is 13.8 Å². The predicted octanol–water partition coefficient (Wildman–Crippen LogP) is 2.85. The second-order valence-electron chi connectivity index (χ2n) is 3.12. The summed E-state index contributed by atoms with van der Waals surface area (Å²) in [6, 6.07) is 3.36. The normalized spacial score (nSPS) is 10.4. The molecular weight excluding hydrogens is 232 g/mol. The van der Waals surface area contributed by atoms with Crippen molar-refractivity contribution in [3.63, 3.8) is 0 Å². The average Bonchev–Trinajstić information content (AvgIpc) is 2.70. The molecular formula is C11H7F2NOS. The third kappa shape index (κ3) is 2.14. The Morgan fingerprint density at radius 2 is 2.00 bits per heavy atom. The van der Waals surface area contributed by atoms with E-state index in [1.165, 1.54) is 17.4 Å². The van der Waals surface area contributed by atoms with Gasteiger partial charge >= 0.3 is 0 Å². The van der Waals surface area contributed by atoms with Gasteiger partial charge in [-0.15, -0.1) is 11.3 Å². The third-order valence-corrected chi connectivity index (χ3v) is 2.82. The molecule has 0 N–H and O–H groups in total. The van der Waals surface area contributed by atoms with Crippen LogP contribution in [0.15, 0.2) is 29.8 Å². The maximum atomic E-state index is 13.3. The van der Waals surface area contributed by atoms with Crippen molar-refractivity contribution < 1.29 is 13.6 Å². The van der Waals surface area contributed by atoms with Crippen LogP contribution in [0.5, 0.6) is 0 Å². The highest BCUT2D eigenvalue weighted by atomic mass is 32.1. The first-order valence-electron chi connectivity index (χ1n) is 4.54. The largest absolute Gasteiger partial charge is 0.293 e. The summed E-state index contributed by atoms with van der Waals surface area (Å²) in [5.74, 6) is -2.26. The summed E-state index contributed by atoms with van der Waals surface area (Å²) in [7, 11) is 0. The molecule has 1 aromatic carbocycles. The van der Waals surface area contributed by atoms with Crippen LogP contribution in [0.1, 0.15) is 15.4 Å². The lowest BCUT2D eigenvalue weighted by Crippen LogP contribution is -2.08. The molecule has 0 aliphatic carbocycles. The molecule has 5 heteroatoms. The van der Waals surface area contributed by atoms with Crippen LogP contribution in [0.3, 0.4) is 0 Å². The lowest BCUT2D eigenvalue weighted by molar-refractivity contribution is 0.0985. The topological polar surface area (TPSA) is 30.0 Å². The van der Waals surface area contributed by atoms with Crippen LogP contribution < -0.4 is 0 Å². The zero-order valence-electron chi connectivity index (χ0n) is 8.11. The quantitative estimate of drug-likeness (QED) is 0.771. The van der Waals surface area contributed by atoms with Crippen molar-refractivity contribution in [2.75, 3.05) is 0 Å². The molecule has 2 aromatic rings. The smallest absolute Gasteiger partial charge is 0.175 e. The van der Waals surface area contributed by atoms with E-state index in [1.807, 2.05) is 0 Å². The minimum atomic E-state index is -0.832. The van der Waals surface area contributed by atoms with Crippen LogP contribution in [0.2, 0.25) is 0 Å². The number of benzene rings is 1. The highest BCUT2D eigenvalue weighted by molar-refractivity contribution is 7.09. The summed E-state index contributed by atoms with van der Waals surface area (Å²) in [4.78, 5) is 15.5. The van der Waals surface area contributed by atoms with E-state index in [2.05, 4.69) is 4.98 Å². The molecule has 1 aromatic heterocycles.